The van der Waals surface area contributed by atoms with Crippen molar-refractivity contribution >= 4 is 24.1 Å². The molecule has 0 spiro atoms. The van der Waals surface area contributed by atoms with Gasteiger partial charge in [0.2, 0.25) is 5.91 Å². The molecule has 2 fully saturated rings. The fourth-order valence-electron chi connectivity index (χ4n) is 3.79. The number of amides is 1. The van der Waals surface area contributed by atoms with E-state index in [0.29, 0.717) is 13.0 Å². The summed E-state index contributed by atoms with van der Waals surface area (Å²) in [5.74, 6) is 1.11. The topological polar surface area (TPSA) is 75.3 Å². The van der Waals surface area contributed by atoms with Gasteiger partial charge in [-0.25, -0.2) is 9.97 Å². The van der Waals surface area contributed by atoms with E-state index < -0.39 is 0 Å². The van der Waals surface area contributed by atoms with Gasteiger partial charge in [0.1, 0.15) is 12.1 Å². The predicted molar refractivity (Wildman–Crippen MR) is 104 cm³/mol. The van der Waals surface area contributed by atoms with E-state index in [-0.39, 0.29) is 30.4 Å². The van der Waals surface area contributed by atoms with E-state index in [1.165, 1.54) is 0 Å². The number of hydrogen-bond acceptors (Lipinski definition) is 5. The zero-order valence-corrected chi connectivity index (χ0v) is 15.4. The van der Waals surface area contributed by atoms with Crippen molar-refractivity contribution in [3.8, 4) is 11.3 Å². The number of likely N-dealkylation sites (tertiary alicyclic amines) is 1. The molecule has 2 aliphatic heterocycles. The first-order valence-corrected chi connectivity index (χ1v) is 8.90. The second-order valence-electron chi connectivity index (χ2n) is 6.81. The summed E-state index contributed by atoms with van der Waals surface area (Å²) in [4.78, 5) is 25.2. The summed E-state index contributed by atoms with van der Waals surface area (Å²) in [7, 11) is 0. The second kappa shape index (κ2) is 8.01. The highest BCUT2D eigenvalue weighted by molar-refractivity contribution is 5.85. The number of nitrogens with two attached hydrogens (primary N) is 1. The molecule has 2 atom stereocenters. The molecule has 0 aliphatic carbocycles. The van der Waals surface area contributed by atoms with E-state index in [9.17, 15) is 4.79 Å². The van der Waals surface area contributed by atoms with Gasteiger partial charge < -0.3 is 15.5 Å². The monoisotopic (exact) mass is 373 g/mol. The number of halogens is 1. The maximum Gasteiger partial charge on any atom is 0.222 e. The molecule has 0 unspecified atom stereocenters. The van der Waals surface area contributed by atoms with E-state index in [1.807, 2.05) is 41.3 Å². The fourth-order valence-corrected chi connectivity index (χ4v) is 3.79. The molecule has 7 heteroatoms. The van der Waals surface area contributed by atoms with Gasteiger partial charge in [0.15, 0.2) is 0 Å². The molecule has 0 bridgehead atoms. The van der Waals surface area contributed by atoms with Gasteiger partial charge in [-0.2, -0.15) is 0 Å². The lowest BCUT2D eigenvalue weighted by Crippen LogP contribution is -2.51. The van der Waals surface area contributed by atoms with Crippen molar-refractivity contribution in [1.29, 1.82) is 0 Å². The van der Waals surface area contributed by atoms with Gasteiger partial charge in [0, 0.05) is 43.7 Å². The Morgan fingerprint density at radius 3 is 2.65 bits per heavy atom. The van der Waals surface area contributed by atoms with Crippen LogP contribution in [0.15, 0.2) is 42.7 Å². The highest BCUT2D eigenvalue weighted by Crippen LogP contribution is 2.26. The highest BCUT2D eigenvalue weighted by Gasteiger charge is 2.38. The van der Waals surface area contributed by atoms with Gasteiger partial charge in [0.25, 0.3) is 0 Å². The maximum absolute atomic E-state index is 12.2. The molecule has 1 amide bonds. The number of aromatic nitrogens is 2. The average molecular weight is 374 g/mol. The molecule has 6 nitrogen and oxygen atoms in total. The zero-order chi connectivity index (χ0) is 17.2. The number of hydrogen-bond donors (Lipinski definition) is 1. The summed E-state index contributed by atoms with van der Waals surface area (Å²) < 4.78 is 0. The smallest absolute Gasteiger partial charge is 0.222 e. The van der Waals surface area contributed by atoms with Crippen molar-refractivity contribution < 1.29 is 4.79 Å². The van der Waals surface area contributed by atoms with Crippen LogP contribution in [0.25, 0.3) is 11.3 Å². The molecule has 1 aromatic heterocycles. The Bertz CT molecular complexity index is 757. The van der Waals surface area contributed by atoms with Crippen molar-refractivity contribution in [2.24, 2.45) is 5.73 Å². The van der Waals surface area contributed by atoms with E-state index >= 15 is 0 Å². The SMILES string of the molecule is Cl.N[C@@H]1CN(c2cc(-c3ccccc3)ncn2)C[C@@H]1N1CCCCC1=O. The van der Waals surface area contributed by atoms with Crippen LogP contribution < -0.4 is 10.6 Å². The molecule has 0 radical (unpaired) electrons. The normalized spacial score (nSPS) is 23.0. The lowest BCUT2D eigenvalue weighted by atomic mass is 10.1. The van der Waals surface area contributed by atoms with Gasteiger partial charge in [-0.15, -0.1) is 12.4 Å². The lowest BCUT2D eigenvalue weighted by Gasteiger charge is -2.34. The molecule has 2 aromatic rings. The summed E-state index contributed by atoms with van der Waals surface area (Å²) in [6.45, 7) is 2.27. The number of benzene rings is 1. The van der Waals surface area contributed by atoms with Gasteiger partial charge in [-0.3, -0.25) is 4.79 Å². The van der Waals surface area contributed by atoms with Crippen LogP contribution in [0.4, 0.5) is 5.82 Å². The average Bonchev–Trinajstić information content (AvgIpc) is 3.05. The minimum absolute atomic E-state index is 0. The maximum atomic E-state index is 12.2. The molecule has 2 N–H and O–H groups in total. The number of nitrogens with zero attached hydrogens (tertiary/aromatic N) is 4. The van der Waals surface area contributed by atoms with E-state index in [2.05, 4.69) is 14.9 Å². The van der Waals surface area contributed by atoms with Crippen molar-refractivity contribution in [3.63, 3.8) is 0 Å². The lowest BCUT2D eigenvalue weighted by molar-refractivity contribution is -0.135. The van der Waals surface area contributed by atoms with Crippen molar-refractivity contribution in [2.75, 3.05) is 24.5 Å². The minimum atomic E-state index is -0.0443. The molecule has 2 saturated heterocycles. The molecule has 3 heterocycles. The molecule has 2 aliphatic rings. The first-order valence-electron chi connectivity index (χ1n) is 8.90. The van der Waals surface area contributed by atoms with Gasteiger partial charge >= 0.3 is 0 Å². The summed E-state index contributed by atoms with van der Waals surface area (Å²) in [6, 6.07) is 12.1. The quantitative estimate of drug-likeness (QED) is 0.891. The van der Waals surface area contributed by atoms with Crippen LogP contribution in [0, 0.1) is 0 Å². The van der Waals surface area contributed by atoms with Gasteiger partial charge in [0.05, 0.1) is 11.7 Å². The summed E-state index contributed by atoms with van der Waals surface area (Å²) in [5, 5.41) is 0. The van der Waals surface area contributed by atoms with Crippen LogP contribution in [0.5, 0.6) is 0 Å². The Morgan fingerprint density at radius 2 is 1.88 bits per heavy atom. The van der Waals surface area contributed by atoms with Crippen LogP contribution in [-0.2, 0) is 4.79 Å². The summed E-state index contributed by atoms with van der Waals surface area (Å²) in [6.07, 6.45) is 4.31. The molecule has 26 heavy (non-hydrogen) atoms. The third-order valence-electron chi connectivity index (χ3n) is 5.14. The van der Waals surface area contributed by atoms with E-state index in [1.54, 1.807) is 6.33 Å². The van der Waals surface area contributed by atoms with Crippen molar-refractivity contribution in [1.82, 2.24) is 14.9 Å². The third-order valence-corrected chi connectivity index (χ3v) is 5.14. The number of piperidine rings is 1. The van der Waals surface area contributed by atoms with Crippen LogP contribution in [0.2, 0.25) is 0 Å². The van der Waals surface area contributed by atoms with Crippen molar-refractivity contribution in [3.05, 3.63) is 42.7 Å². The molecular weight excluding hydrogens is 350 g/mol. The van der Waals surface area contributed by atoms with Crippen molar-refractivity contribution in [2.45, 2.75) is 31.3 Å². The van der Waals surface area contributed by atoms with Crippen LogP contribution >= 0.6 is 12.4 Å². The number of carbonyl (C=O) groups excluding carboxylic acids is 1. The Morgan fingerprint density at radius 1 is 1.08 bits per heavy atom. The molecular formula is C19H24ClN5O. The molecule has 4 rings (SSSR count). The standard InChI is InChI=1S/C19H23N5O.ClH/c20-15-11-23(12-17(15)24-9-5-4-8-19(24)25)18-10-16(21-13-22-18)14-6-2-1-3-7-14;/h1-3,6-7,10,13,15,17H,4-5,8-9,11-12,20H2;1H/t15-,17+;/m1./s1. The largest absolute Gasteiger partial charge is 0.353 e. The molecule has 138 valence electrons. The predicted octanol–water partition coefficient (Wildman–Crippen LogP) is 2.09. The minimum Gasteiger partial charge on any atom is -0.353 e. The van der Waals surface area contributed by atoms with E-state index in [0.717, 1.165) is 43.0 Å². The van der Waals surface area contributed by atoms with E-state index in [4.69, 9.17) is 5.73 Å². The Hall–Kier alpha value is -2.18. The Balaban J connectivity index is 0.00000196. The van der Waals surface area contributed by atoms with Crippen LogP contribution in [0.1, 0.15) is 19.3 Å². The zero-order valence-electron chi connectivity index (χ0n) is 14.6. The molecule has 0 saturated carbocycles. The third kappa shape index (κ3) is 3.66. The number of carbonyl (C=O) groups is 1. The highest BCUT2D eigenvalue weighted by atomic mass is 35.5. The first kappa shape index (κ1) is 18.6. The van der Waals surface area contributed by atoms with Gasteiger partial charge in [-0.05, 0) is 12.8 Å². The number of anilines is 1. The number of rotatable bonds is 3. The first-order chi connectivity index (χ1) is 12.2. The fraction of sp³-hybridized carbons (Fsp3) is 0.421. The molecule has 1 aromatic carbocycles. The second-order valence-corrected chi connectivity index (χ2v) is 6.81. The Kier molecular flexibility index (Phi) is 5.74. The van der Waals surface area contributed by atoms with Crippen LogP contribution in [0.3, 0.4) is 0 Å². The van der Waals surface area contributed by atoms with Gasteiger partial charge in [-0.1, -0.05) is 30.3 Å². The summed E-state index contributed by atoms with van der Waals surface area (Å²) >= 11 is 0. The summed E-state index contributed by atoms with van der Waals surface area (Å²) in [5.41, 5.74) is 8.34. The Labute approximate surface area is 159 Å². The van der Waals surface area contributed by atoms with Crippen LogP contribution in [-0.4, -0.2) is 52.5 Å².